The van der Waals surface area contributed by atoms with Crippen molar-refractivity contribution in [1.29, 1.82) is 0 Å². The van der Waals surface area contributed by atoms with Crippen molar-refractivity contribution in [2.24, 2.45) is 11.8 Å². The molecule has 0 aliphatic carbocycles. The van der Waals surface area contributed by atoms with Crippen LogP contribution >= 0.6 is 0 Å². The Morgan fingerprint density at radius 1 is 1.25 bits per heavy atom. The molecule has 6 heteroatoms. The summed E-state index contributed by atoms with van der Waals surface area (Å²) in [7, 11) is 1.63. The first-order chi connectivity index (χ1) is 9.78. The molecule has 0 N–H and O–H groups in total. The highest BCUT2D eigenvalue weighted by atomic mass is 16.5. The van der Waals surface area contributed by atoms with Crippen molar-refractivity contribution in [2.45, 2.75) is 6.42 Å². The van der Waals surface area contributed by atoms with Gasteiger partial charge < -0.3 is 14.5 Å². The third kappa shape index (κ3) is 2.60. The van der Waals surface area contributed by atoms with Gasteiger partial charge in [-0.3, -0.25) is 4.79 Å². The smallest absolute Gasteiger partial charge is 0.225 e. The first-order valence-corrected chi connectivity index (χ1v) is 7.06. The molecule has 0 spiro atoms. The van der Waals surface area contributed by atoms with Crippen molar-refractivity contribution in [3.8, 4) is 0 Å². The Labute approximate surface area is 118 Å². The predicted molar refractivity (Wildman–Crippen MR) is 74.3 cm³/mol. The Hall–Kier alpha value is -1.69. The molecule has 2 saturated heterocycles. The molecule has 20 heavy (non-hydrogen) atoms. The zero-order valence-corrected chi connectivity index (χ0v) is 11.7. The number of nitrogens with zero attached hydrogens (tertiary/aromatic N) is 4. The number of anilines is 1. The van der Waals surface area contributed by atoms with E-state index in [1.807, 2.05) is 11.0 Å². The van der Waals surface area contributed by atoms with E-state index in [-0.39, 0.29) is 5.91 Å². The minimum Gasteiger partial charge on any atom is -0.384 e. The summed E-state index contributed by atoms with van der Waals surface area (Å²) in [6.45, 7) is 4.12. The number of carbonyl (C=O) groups is 1. The lowest BCUT2D eigenvalue weighted by Crippen LogP contribution is -2.34. The molecule has 2 fully saturated rings. The highest BCUT2D eigenvalue weighted by Gasteiger charge is 2.41. The van der Waals surface area contributed by atoms with Gasteiger partial charge in [0.15, 0.2) is 0 Å². The molecule has 0 bridgehead atoms. The maximum absolute atomic E-state index is 12.0. The first kappa shape index (κ1) is 13.3. The summed E-state index contributed by atoms with van der Waals surface area (Å²) in [5.74, 6) is 2.11. The van der Waals surface area contributed by atoms with E-state index in [0.717, 1.165) is 32.1 Å². The standard InChI is InChI=1S/C14H20N4O2/c1-20-6-3-13(19)17-7-11-9-18(10-12(11)8-17)14-15-4-2-5-16-14/h2,4-5,11-12H,3,6-10H2,1H3/t11-,12+. The summed E-state index contributed by atoms with van der Waals surface area (Å²) in [5, 5.41) is 0. The third-order valence-corrected chi connectivity index (χ3v) is 4.19. The fraction of sp³-hybridized carbons (Fsp3) is 0.643. The van der Waals surface area contributed by atoms with Crippen LogP contribution in [0.1, 0.15) is 6.42 Å². The van der Waals surface area contributed by atoms with Crippen LogP contribution in [0.5, 0.6) is 0 Å². The fourth-order valence-electron chi connectivity index (χ4n) is 3.16. The predicted octanol–water partition coefficient (Wildman–Crippen LogP) is 0.408. The van der Waals surface area contributed by atoms with E-state index in [9.17, 15) is 4.79 Å². The van der Waals surface area contributed by atoms with E-state index >= 15 is 0 Å². The van der Waals surface area contributed by atoms with Crippen LogP contribution in [-0.4, -0.2) is 60.7 Å². The van der Waals surface area contributed by atoms with Crippen LogP contribution < -0.4 is 4.90 Å². The van der Waals surface area contributed by atoms with E-state index in [1.54, 1.807) is 19.5 Å². The van der Waals surface area contributed by atoms with Crippen molar-refractivity contribution in [3.05, 3.63) is 18.5 Å². The average molecular weight is 276 g/mol. The summed E-state index contributed by atoms with van der Waals surface area (Å²) in [5.41, 5.74) is 0. The Morgan fingerprint density at radius 3 is 2.50 bits per heavy atom. The molecule has 2 atom stereocenters. The molecule has 0 unspecified atom stereocenters. The number of methoxy groups -OCH3 is 1. The van der Waals surface area contributed by atoms with Gasteiger partial charge in [0.1, 0.15) is 0 Å². The molecule has 2 aliphatic rings. The van der Waals surface area contributed by atoms with Gasteiger partial charge in [-0.25, -0.2) is 9.97 Å². The SMILES string of the molecule is COCCC(=O)N1C[C@@H]2CN(c3ncccn3)C[C@@H]2C1. The lowest BCUT2D eigenvalue weighted by Gasteiger charge is -2.21. The Bertz CT molecular complexity index is 454. The number of carbonyl (C=O) groups excluding carboxylic acids is 1. The van der Waals surface area contributed by atoms with Crippen LogP contribution in [0.2, 0.25) is 0 Å². The third-order valence-electron chi connectivity index (χ3n) is 4.19. The van der Waals surface area contributed by atoms with E-state index in [4.69, 9.17) is 4.74 Å². The fourth-order valence-corrected chi connectivity index (χ4v) is 3.16. The van der Waals surface area contributed by atoms with E-state index in [2.05, 4.69) is 14.9 Å². The van der Waals surface area contributed by atoms with Crippen LogP contribution in [0.25, 0.3) is 0 Å². The molecule has 1 amide bonds. The lowest BCUT2D eigenvalue weighted by molar-refractivity contribution is -0.131. The summed E-state index contributed by atoms with van der Waals surface area (Å²) < 4.78 is 4.97. The van der Waals surface area contributed by atoms with Gasteiger partial charge in [-0.15, -0.1) is 0 Å². The van der Waals surface area contributed by atoms with Crippen molar-refractivity contribution < 1.29 is 9.53 Å². The van der Waals surface area contributed by atoms with Gasteiger partial charge in [-0.2, -0.15) is 0 Å². The molecule has 3 heterocycles. The number of likely N-dealkylation sites (tertiary alicyclic amines) is 1. The number of ether oxygens (including phenoxy) is 1. The number of aromatic nitrogens is 2. The van der Waals surface area contributed by atoms with E-state index in [0.29, 0.717) is 24.9 Å². The molecule has 1 aromatic heterocycles. The number of rotatable bonds is 4. The molecule has 0 radical (unpaired) electrons. The number of amides is 1. The van der Waals surface area contributed by atoms with Crippen LogP contribution in [0, 0.1) is 11.8 Å². The van der Waals surface area contributed by atoms with E-state index in [1.165, 1.54) is 0 Å². The quantitative estimate of drug-likeness (QED) is 0.797. The monoisotopic (exact) mass is 276 g/mol. The Kier molecular flexibility index (Phi) is 3.82. The van der Waals surface area contributed by atoms with Crippen LogP contribution in [0.3, 0.4) is 0 Å². The van der Waals surface area contributed by atoms with Gasteiger partial charge >= 0.3 is 0 Å². The molecule has 0 aromatic carbocycles. The van der Waals surface area contributed by atoms with Gasteiger partial charge in [0, 0.05) is 57.5 Å². The largest absolute Gasteiger partial charge is 0.384 e. The highest BCUT2D eigenvalue weighted by Crippen LogP contribution is 2.32. The zero-order valence-electron chi connectivity index (χ0n) is 11.7. The maximum Gasteiger partial charge on any atom is 0.225 e. The summed E-state index contributed by atoms with van der Waals surface area (Å²) >= 11 is 0. The number of hydrogen-bond acceptors (Lipinski definition) is 5. The van der Waals surface area contributed by atoms with Crippen molar-refractivity contribution >= 4 is 11.9 Å². The average Bonchev–Trinajstić information content (AvgIpc) is 3.04. The van der Waals surface area contributed by atoms with Crippen LogP contribution in [-0.2, 0) is 9.53 Å². The molecule has 0 saturated carbocycles. The van der Waals surface area contributed by atoms with Gasteiger partial charge in [0.2, 0.25) is 11.9 Å². The van der Waals surface area contributed by atoms with Gasteiger partial charge in [-0.05, 0) is 6.07 Å². The molecular weight excluding hydrogens is 256 g/mol. The number of fused-ring (bicyclic) bond motifs is 1. The molecule has 2 aliphatic heterocycles. The minimum absolute atomic E-state index is 0.212. The molecule has 108 valence electrons. The topological polar surface area (TPSA) is 58.6 Å². The van der Waals surface area contributed by atoms with E-state index < -0.39 is 0 Å². The molecule has 3 rings (SSSR count). The summed E-state index contributed by atoms with van der Waals surface area (Å²) in [6, 6.07) is 1.83. The summed E-state index contributed by atoms with van der Waals surface area (Å²) in [4.78, 5) is 24.8. The maximum atomic E-state index is 12.0. The molecule has 1 aromatic rings. The second-order valence-electron chi connectivity index (χ2n) is 5.52. The minimum atomic E-state index is 0.212. The van der Waals surface area contributed by atoms with Crippen molar-refractivity contribution in [1.82, 2.24) is 14.9 Å². The highest BCUT2D eigenvalue weighted by molar-refractivity contribution is 5.76. The van der Waals surface area contributed by atoms with Gasteiger partial charge in [-0.1, -0.05) is 0 Å². The molecular formula is C14H20N4O2. The molecule has 6 nitrogen and oxygen atoms in total. The first-order valence-electron chi connectivity index (χ1n) is 7.06. The van der Waals surface area contributed by atoms with Crippen LogP contribution in [0.15, 0.2) is 18.5 Å². The summed E-state index contributed by atoms with van der Waals surface area (Å²) in [6.07, 6.45) is 4.04. The van der Waals surface area contributed by atoms with Crippen molar-refractivity contribution in [2.75, 3.05) is 44.8 Å². The zero-order chi connectivity index (χ0) is 13.9. The Balaban J connectivity index is 1.56. The van der Waals surface area contributed by atoms with Crippen LogP contribution in [0.4, 0.5) is 5.95 Å². The normalized spacial score (nSPS) is 25.1. The van der Waals surface area contributed by atoms with Gasteiger partial charge in [0.05, 0.1) is 13.0 Å². The van der Waals surface area contributed by atoms with Crippen molar-refractivity contribution in [3.63, 3.8) is 0 Å². The van der Waals surface area contributed by atoms with Gasteiger partial charge in [0.25, 0.3) is 0 Å². The second kappa shape index (κ2) is 5.75. The second-order valence-corrected chi connectivity index (χ2v) is 5.52. The Morgan fingerprint density at radius 2 is 1.90 bits per heavy atom. The number of hydrogen-bond donors (Lipinski definition) is 0. The lowest BCUT2D eigenvalue weighted by atomic mass is 10.0.